The molecule has 0 aliphatic heterocycles. The zero-order valence-corrected chi connectivity index (χ0v) is 31.3. The Kier molecular flexibility index (Phi) is 17.1. The quantitative estimate of drug-likeness (QED) is 0.0306. The minimum atomic E-state index is -1.59. The van der Waals surface area contributed by atoms with Gasteiger partial charge in [0.1, 0.15) is 29.9 Å². The number of benzene rings is 2. The molecule has 1 aromatic heterocycles. The van der Waals surface area contributed by atoms with Gasteiger partial charge >= 0.3 is 5.97 Å². The number of carboxylic acid groups (broad SMARTS) is 1. The van der Waals surface area contributed by atoms with Crippen LogP contribution in [-0.2, 0) is 41.6 Å². The van der Waals surface area contributed by atoms with Crippen molar-refractivity contribution in [1.82, 2.24) is 31.6 Å². The molecule has 5 atom stereocenters. The summed E-state index contributed by atoms with van der Waals surface area (Å²) in [5.74, 6) is -5.57. The topological polar surface area (TPSA) is 329 Å². The van der Waals surface area contributed by atoms with Crippen molar-refractivity contribution in [3.05, 3.63) is 65.9 Å². The lowest BCUT2D eigenvalue weighted by Gasteiger charge is -2.27. The summed E-state index contributed by atoms with van der Waals surface area (Å²) >= 11 is 0. The highest BCUT2D eigenvalue weighted by molar-refractivity contribution is 5.96. The second-order valence-electron chi connectivity index (χ2n) is 13.7. The van der Waals surface area contributed by atoms with Gasteiger partial charge in [-0.25, -0.2) is 4.79 Å². The van der Waals surface area contributed by atoms with E-state index in [1.54, 1.807) is 18.3 Å². The van der Waals surface area contributed by atoms with Crippen LogP contribution in [0.15, 0.2) is 59.7 Å². The number of aromatic amines is 1. The molecule has 3 rings (SSSR count). The fourth-order valence-corrected chi connectivity index (χ4v) is 5.73. The summed E-state index contributed by atoms with van der Waals surface area (Å²) in [6, 6.07) is 7.28. The number of guanidine groups is 1. The maximum atomic E-state index is 14.0. The van der Waals surface area contributed by atoms with Gasteiger partial charge in [0.05, 0.1) is 19.2 Å². The molecule has 304 valence electrons. The van der Waals surface area contributed by atoms with Crippen molar-refractivity contribution in [2.75, 3.05) is 19.7 Å². The second kappa shape index (κ2) is 21.6. The first-order valence-electron chi connectivity index (χ1n) is 18.0. The number of carboxylic acids is 1. The Morgan fingerprint density at radius 3 is 2.09 bits per heavy atom. The van der Waals surface area contributed by atoms with Crippen molar-refractivity contribution in [3.8, 4) is 5.75 Å². The van der Waals surface area contributed by atoms with E-state index in [9.17, 15) is 39.0 Å². The largest absolute Gasteiger partial charge is 0.508 e. The van der Waals surface area contributed by atoms with Crippen molar-refractivity contribution in [2.45, 2.75) is 76.2 Å². The lowest BCUT2D eigenvalue weighted by atomic mass is 9.99. The van der Waals surface area contributed by atoms with Crippen LogP contribution in [0.4, 0.5) is 0 Å². The van der Waals surface area contributed by atoms with Gasteiger partial charge in [-0.05, 0) is 60.9 Å². The predicted molar refractivity (Wildman–Crippen MR) is 207 cm³/mol. The molecule has 0 fully saturated rings. The lowest BCUT2D eigenvalue weighted by molar-refractivity contribution is -0.142. The van der Waals surface area contributed by atoms with Gasteiger partial charge in [0.25, 0.3) is 0 Å². The molecule has 15 N–H and O–H groups in total. The fourth-order valence-electron chi connectivity index (χ4n) is 5.73. The van der Waals surface area contributed by atoms with Crippen molar-refractivity contribution in [1.29, 1.82) is 0 Å². The van der Waals surface area contributed by atoms with Crippen LogP contribution < -0.4 is 43.8 Å². The first kappa shape index (κ1) is 44.2. The Hall–Kier alpha value is -6.21. The second-order valence-corrected chi connectivity index (χ2v) is 13.7. The third-order valence-electron chi connectivity index (χ3n) is 8.62. The summed E-state index contributed by atoms with van der Waals surface area (Å²) in [5, 5.41) is 41.4. The molecule has 5 amide bonds. The number of nitrogens with one attached hydrogen (secondary N) is 6. The van der Waals surface area contributed by atoms with E-state index in [0.717, 1.165) is 16.5 Å². The highest BCUT2D eigenvalue weighted by atomic mass is 16.4. The number of carbonyl (C=O) groups excluding carboxylic acids is 5. The van der Waals surface area contributed by atoms with Crippen LogP contribution in [0, 0.1) is 5.92 Å². The number of nitrogens with two attached hydrogens (primary N) is 3. The lowest BCUT2D eigenvalue weighted by Crippen LogP contribution is -2.58. The van der Waals surface area contributed by atoms with Gasteiger partial charge in [-0.1, -0.05) is 44.2 Å². The molecule has 0 spiro atoms. The molecule has 0 saturated carbocycles. The molecule has 0 bridgehead atoms. The van der Waals surface area contributed by atoms with E-state index >= 15 is 0 Å². The molecule has 0 saturated heterocycles. The summed E-state index contributed by atoms with van der Waals surface area (Å²) in [6.07, 6.45) is 2.25. The number of aliphatic hydroxyl groups excluding tert-OH is 1. The van der Waals surface area contributed by atoms with Crippen LogP contribution in [0.1, 0.15) is 44.2 Å². The smallest absolute Gasteiger partial charge is 0.328 e. The summed E-state index contributed by atoms with van der Waals surface area (Å²) in [5.41, 5.74) is 19.4. The number of fused-ring (bicyclic) bond motifs is 1. The molecule has 3 aromatic rings. The SMILES string of the molecule is CC(C)C[C@H](NC(=O)[C@H](Cc1ccc(O)cc1)NC(=O)[C@@H](N)Cc1c[nH]c2ccccc12)C(=O)N[C@@H](CCCN=C(N)N)C(=O)NCC(=O)N[C@@H](CO)C(=O)O. The molecule has 0 aliphatic carbocycles. The van der Waals surface area contributed by atoms with E-state index in [-0.39, 0.29) is 56.3 Å². The third-order valence-corrected chi connectivity index (χ3v) is 8.62. The van der Waals surface area contributed by atoms with Gasteiger partial charge in [0, 0.05) is 30.1 Å². The van der Waals surface area contributed by atoms with Crippen molar-refractivity contribution in [3.63, 3.8) is 0 Å². The van der Waals surface area contributed by atoms with E-state index in [2.05, 4.69) is 36.6 Å². The molecule has 2 aromatic carbocycles. The molecule has 19 heteroatoms. The van der Waals surface area contributed by atoms with Gasteiger partial charge in [-0.15, -0.1) is 0 Å². The summed E-state index contributed by atoms with van der Waals surface area (Å²) in [6.45, 7) is 2.20. The number of aromatic nitrogens is 1. The summed E-state index contributed by atoms with van der Waals surface area (Å²) in [7, 11) is 0. The molecular formula is C37H52N10O9. The average molecular weight is 781 g/mol. The number of phenols is 1. The summed E-state index contributed by atoms with van der Waals surface area (Å²) in [4.78, 5) is 85.0. The maximum Gasteiger partial charge on any atom is 0.328 e. The Balaban J connectivity index is 1.79. The Labute approximate surface area is 323 Å². The fraction of sp³-hybridized carbons (Fsp3) is 0.432. The zero-order valence-electron chi connectivity index (χ0n) is 31.3. The van der Waals surface area contributed by atoms with Crippen molar-refractivity contribution in [2.24, 2.45) is 28.1 Å². The molecule has 56 heavy (non-hydrogen) atoms. The Morgan fingerprint density at radius 1 is 0.804 bits per heavy atom. The number of phenolic OH excluding ortho intramolecular Hbond substituents is 1. The van der Waals surface area contributed by atoms with Gasteiger partial charge < -0.3 is 64.1 Å². The predicted octanol–water partition coefficient (Wildman–Crippen LogP) is -1.78. The minimum absolute atomic E-state index is 0.000316. The Bertz CT molecular complexity index is 1840. The highest BCUT2D eigenvalue weighted by Crippen LogP contribution is 2.19. The van der Waals surface area contributed by atoms with Crippen molar-refractivity contribution >= 4 is 52.4 Å². The standard InChI is InChI=1S/C37H52N10O9/c1-20(2)14-28(34(53)45-27(8-5-13-41-37(39)40)33(52)43-18-31(50)44-30(19-48)36(55)56)47-35(54)29(15-21-9-11-23(49)12-10-21)46-32(51)25(38)16-22-17-42-26-7-4-3-6-24(22)26/h3-4,6-7,9-12,17,20,25,27-30,42,48-49H,5,8,13-16,18-19,38H2,1-2H3,(H,43,52)(H,44,50)(H,45,53)(H,46,51)(H,47,54)(H,55,56)(H4,39,40,41)/t25-,27-,28-,29-,30-/m0/s1. The monoisotopic (exact) mass is 780 g/mol. The first-order chi connectivity index (χ1) is 26.6. The normalized spacial score (nSPS) is 13.7. The number of aromatic hydroxyl groups is 1. The van der Waals surface area contributed by atoms with Crippen LogP contribution >= 0.6 is 0 Å². The number of nitrogens with zero attached hydrogens (tertiary/aromatic N) is 1. The number of para-hydroxylation sites is 1. The van der Waals surface area contributed by atoms with Crippen LogP contribution in [-0.4, -0.2) is 112 Å². The van der Waals surface area contributed by atoms with Crippen LogP contribution in [0.5, 0.6) is 5.75 Å². The molecule has 0 aliphatic rings. The van der Waals surface area contributed by atoms with E-state index in [4.69, 9.17) is 22.3 Å². The van der Waals surface area contributed by atoms with E-state index in [1.165, 1.54) is 12.1 Å². The number of aliphatic imine (C=N–C) groups is 1. The number of H-pyrrole nitrogens is 1. The highest BCUT2D eigenvalue weighted by Gasteiger charge is 2.31. The van der Waals surface area contributed by atoms with Gasteiger partial charge in [-0.3, -0.25) is 29.0 Å². The van der Waals surface area contributed by atoms with Gasteiger partial charge in [0.2, 0.25) is 29.5 Å². The van der Waals surface area contributed by atoms with E-state index < -0.39 is 78.9 Å². The Morgan fingerprint density at radius 2 is 1.45 bits per heavy atom. The van der Waals surface area contributed by atoms with Crippen LogP contribution in [0.3, 0.4) is 0 Å². The average Bonchev–Trinajstić information content (AvgIpc) is 3.56. The van der Waals surface area contributed by atoms with Crippen LogP contribution in [0.25, 0.3) is 10.9 Å². The number of aliphatic hydroxyl groups is 1. The molecular weight excluding hydrogens is 728 g/mol. The number of aliphatic carboxylic acids is 1. The van der Waals surface area contributed by atoms with E-state index in [0.29, 0.717) is 5.56 Å². The molecule has 1 heterocycles. The minimum Gasteiger partial charge on any atom is -0.508 e. The first-order valence-corrected chi connectivity index (χ1v) is 18.0. The van der Waals surface area contributed by atoms with Gasteiger partial charge in [0.15, 0.2) is 5.96 Å². The molecule has 19 nitrogen and oxygen atoms in total. The third kappa shape index (κ3) is 14.2. The van der Waals surface area contributed by atoms with Crippen LogP contribution in [0.2, 0.25) is 0 Å². The number of amides is 5. The maximum absolute atomic E-state index is 14.0. The molecule has 0 radical (unpaired) electrons. The summed E-state index contributed by atoms with van der Waals surface area (Å²) < 4.78 is 0. The number of hydrogen-bond acceptors (Lipinski definition) is 10. The van der Waals surface area contributed by atoms with Crippen molar-refractivity contribution < 1.29 is 44.1 Å². The number of hydrogen-bond donors (Lipinski definition) is 12. The van der Waals surface area contributed by atoms with Gasteiger partial charge in [-0.2, -0.15) is 0 Å². The molecule has 0 unspecified atom stereocenters. The number of rotatable bonds is 22. The zero-order chi connectivity index (χ0) is 41.4. The van der Waals surface area contributed by atoms with E-state index in [1.807, 2.05) is 38.1 Å². The number of carbonyl (C=O) groups is 6.